The smallest absolute Gasteiger partial charge is 0.152 e. The van der Waals surface area contributed by atoms with Crippen LogP contribution in [0.15, 0.2) is 12.1 Å². The highest BCUT2D eigenvalue weighted by molar-refractivity contribution is 7.91. The summed E-state index contributed by atoms with van der Waals surface area (Å²) in [7, 11) is -2.98. The summed E-state index contributed by atoms with van der Waals surface area (Å²) in [6.45, 7) is 7.98. The Labute approximate surface area is 164 Å². The van der Waals surface area contributed by atoms with E-state index in [-0.39, 0.29) is 22.8 Å². The maximum absolute atomic E-state index is 12.8. The molecule has 1 aromatic carbocycles. The molecule has 0 amide bonds. The van der Waals surface area contributed by atoms with Crippen LogP contribution in [0.4, 0.5) is 0 Å². The maximum atomic E-state index is 12.8. The van der Waals surface area contributed by atoms with E-state index in [2.05, 4.69) is 26.0 Å². The van der Waals surface area contributed by atoms with Crippen LogP contribution < -0.4 is 0 Å². The van der Waals surface area contributed by atoms with Crippen LogP contribution in [0.2, 0.25) is 0 Å². The normalized spacial score (nSPS) is 25.6. The number of fused-ring (bicyclic) bond motifs is 1. The van der Waals surface area contributed by atoms with E-state index in [4.69, 9.17) is 0 Å². The fraction of sp³-hybridized carbons (Fsp3) is 0.696. The highest BCUT2D eigenvalue weighted by Gasteiger charge is 2.30. The SMILES string of the molecule is Cc1cc(CC(=O)C2CCC(CS(=O)(=O)C(C)C)CC2)cc2c1C(C)CC2. The summed E-state index contributed by atoms with van der Waals surface area (Å²) >= 11 is 0. The number of Topliss-reactive ketones (excluding diaryl/α,β-unsaturated/α-hetero) is 1. The number of carbonyl (C=O) groups is 1. The molecule has 3 nitrogen and oxygen atoms in total. The van der Waals surface area contributed by atoms with Crippen molar-refractivity contribution in [3.63, 3.8) is 0 Å². The fourth-order valence-electron chi connectivity index (χ4n) is 5.00. The number of carbonyl (C=O) groups excluding carboxylic acids is 1. The fourth-order valence-corrected chi connectivity index (χ4v) is 6.38. The summed E-state index contributed by atoms with van der Waals surface area (Å²) in [6.07, 6.45) is 6.30. The highest BCUT2D eigenvalue weighted by Crippen LogP contribution is 2.36. The first-order valence-corrected chi connectivity index (χ1v) is 12.3. The van der Waals surface area contributed by atoms with Gasteiger partial charge in [0.15, 0.2) is 9.84 Å². The zero-order valence-corrected chi connectivity index (χ0v) is 18.1. The second-order valence-corrected chi connectivity index (χ2v) is 11.8. The lowest BCUT2D eigenvalue weighted by Crippen LogP contribution is -2.29. The van der Waals surface area contributed by atoms with Crippen LogP contribution in [0, 0.1) is 18.8 Å². The predicted molar refractivity (Wildman–Crippen MR) is 111 cm³/mol. The monoisotopic (exact) mass is 390 g/mol. The molecule has 27 heavy (non-hydrogen) atoms. The molecule has 1 saturated carbocycles. The van der Waals surface area contributed by atoms with E-state index in [1.807, 2.05) is 0 Å². The van der Waals surface area contributed by atoms with Gasteiger partial charge in [-0.05, 0) is 93.4 Å². The molecule has 1 atom stereocenters. The van der Waals surface area contributed by atoms with Crippen molar-refractivity contribution in [1.29, 1.82) is 0 Å². The zero-order valence-electron chi connectivity index (χ0n) is 17.3. The van der Waals surface area contributed by atoms with Crippen LogP contribution in [0.25, 0.3) is 0 Å². The molecule has 0 radical (unpaired) electrons. The second-order valence-electron chi connectivity index (χ2n) is 9.16. The minimum atomic E-state index is -2.98. The Hall–Kier alpha value is -1.16. The van der Waals surface area contributed by atoms with Gasteiger partial charge < -0.3 is 0 Å². The summed E-state index contributed by atoms with van der Waals surface area (Å²) in [6, 6.07) is 4.46. The summed E-state index contributed by atoms with van der Waals surface area (Å²) in [5, 5.41) is -0.303. The minimum Gasteiger partial charge on any atom is -0.299 e. The van der Waals surface area contributed by atoms with Gasteiger partial charge >= 0.3 is 0 Å². The highest BCUT2D eigenvalue weighted by atomic mass is 32.2. The number of hydrogen-bond acceptors (Lipinski definition) is 3. The molecular weight excluding hydrogens is 356 g/mol. The van der Waals surface area contributed by atoms with E-state index >= 15 is 0 Å². The van der Waals surface area contributed by atoms with Crippen molar-refractivity contribution in [2.45, 2.75) is 83.8 Å². The molecule has 0 spiro atoms. The van der Waals surface area contributed by atoms with Gasteiger partial charge in [-0.15, -0.1) is 0 Å². The number of benzene rings is 1. The Bertz CT molecular complexity index is 799. The second kappa shape index (κ2) is 8.06. The third kappa shape index (κ3) is 4.64. The number of sulfone groups is 1. The van der Waals surface area contributed by atoms with Gasteiger partial charge in [-0.2, -0.15) is 0 Å². The lowest BCUT2D eigenvalue weighted by atomic mass is 9.79. The van der Waals surface area contributed by atoms with Crippen LogP contribution in [-0.2, 0) is 27.5 Å². The van der Waals surface area contributed by atoms with Gasteiger partial charge in [0.05, 0.1) is 11.0 Å². The molecule has 0 heterocycles. The van der Waals surface area contributed by atoms with Gasteiger partial charge in [-0.3, -0.25) is 4.79 Å². The van der Waals surface area contributed by atoms with Gasteiger partial charge in [-0.1, -0.05) is 19.1 Å². The lowest BCUT2D eigenvalue weighted by molar-refractivity contribution is -0.123. The number of ketones is 1. The van der Waals surface area contributed by atoms with Crippen LogP contribution in [0.1, 0.15) is 81.0 Å². The molecule has 0 aromatic heterocycles. The van der Waals surface area contributed by atoms with Crippen LogP contribution in [-0.4, -0.2) is 25.2 Å². The zero-order chi connectivity index (χ0) is 19.8. The lowest BCUT2D eigenvalue weighted by Gasteiger charge is -2.28. The number of aryl methyl sites for hydroxylation is 2. The largest absolute Gasteiger partial charge is 0.299 e. The van der Waals surface area contributed by atoms with E-state index in [1.54, 1.807) is 13.8 Å². The Kier molecular flexibility index (Phi) is 6.14. The first-order valence-electron chi connectivity index (χ1n) is 10.5. The minimum absolute atomic E-state index is 0.107. The van der Waals surface area contributed by atoms with E-state index in [9.17, 15) is 13.2 Å². The molecular formula is C23H34O3S. The van der Waals surface area contributed by atoms with Gasteiger partial charge in [0.25, 0.3) is 0 Å². The average Bonchev–Trinajstić information content (AvgIpc) is 2.96. The Morgan fingerprint density at radius 2 is 1.78 bits per heavy atom. The van der Waals surface area contributed by atoms with Crippen molar-refractivity contribution in [2.75, 3.05) is 5.75 Å². The third-order valence-electron chi connectivity index (χ3n) is 6.74. The van der Waals surface area contributed by atoms with Crippen molar-refractivity contribution < 1.29 is 13.2 Å². The molecule has 0 aliphatic heterocycles. The molecule has 0 bridgehead atoms. The number of hydrogen-bond donors (Lipinski definition) is 0. The van der Waals surface area contributed by atoms with Crippen LogP contribution in [0.3, 0.4) is 0 Å². The van der Waals surface area contributed by atoms with E-state index < -0.39 is 9.84 Å². The van der Waals surface area contributed by atoms with Crippen molar-refractivity contribution in [2.24, 2.45) is 11.8 Å². The summed E-state index contributed by atoms with van der Waals surface area (Å²) < 4.78 is 24.3. The first-order chi connectivity index (χ1) is 12.7. The van der Waals surface area contributed by atoms with Crippen LogP contribution in [0.5, 0.6) is 0 Å². The van der Waals surface area contributed by atoms with Crippen LogP contribution >= 0.6 is 0 Å². The van der Waals surface area contributed by atoms with Gasteiger partial charge in [-0.25, -0.2) is 8.42 Å². The van der Waals surface area contributed by atoms with Crippen molar-refractivity contribution >= 4 is 15.6 Å². The van der Waals surface area contributed by atoms with E-state index in [1.165, 1.54) is 23.1 Å². The quantitative estimate of drug-likeness (QED) is 0.702. The Balaban J connectivity index is 1.57. The predicted octanol–water partition coefficient (Wildman–Crippen LogP) is 4.79. The molecule has 4 heteroatoms. The van der Waals surface area contributed by atoms with Crippen molar-refractivity contribution in [1.82, 2.24) is 0 Å². The molecule has 2 aliphatic carbocycles. The standard InChI is InChI=1S/C23H34O3S/c1-15(2)27(25,26)14-18-6-9-20(10-7-18)22(24)13-19-11-17(4)23-16(3)5-8-21(23)12-19/h11-12,15-16,18,20H,5-10,13-14H2,1-4H3. The third-order valence-corrected chi connectivity index (χ3v) is 9.11. The Morgan fingerprint density at radius 3 is 2.41 bits per heavy atom. The van der Waals surface area contributed by atoms with E-state index in [0.29, 0.717) is 18.1 Å². The molecule has 0 saturated heterocycles. The van der Waals surface area contributed by atoms with Gasteiger partial charge in [0, 0.05) is 12.3 Å². The summed E-state index contributed by atoms with van der Waals surface area (Å²) in [4.78, 5) is 12.8. The maximum Gasteiger partial charge on any atom is 0.152 e. The van der Waals surface area contributed by atoms with Crippen molar-refractivity contribution in [3.05, 3.63) is 34.4 Å². The van der Waals surface area contributed by atoms with E-state index in [0.717, 1.165) is 37.7 Å². The molecule has 0 N–H and O–H groups in total. The summed E-state index contributed by atoms with van der Waals surface area (Å²) in [5.74, 6) is 1.60. The molecule has 150 valence electrons. The first kappa shape index (κ1) is 20.6. The Morgan fingerprint density at radius 1 is 1.11 bits per heavy atom. The van der Waals surface area contributed by atoms with Crippen molar-refractivity contribution in [3.8, 4) is 0 Å². The average molecular weight is 391 g/mol. The van der Waals surface area contributed by atoms with Gasteiger partial charge in [0.1, 0.15) is 5.78 Å². The number of rotatable bonds is 6. The molecule has 2 aliphatic rings. The summed E-state index contributed by atoms with van der Waals surface area (Å²) in [5.41, 5.74) is 5.43. The molecule has 3 rings (SSSR count). The topological polar surface area (TPSA) is 51.2 Å². The molecule has 1 fully saturated rings. The molecule has 1 aromatic rings. The molecule has 1 unspecified atom stereocenters. The van der Waals surface area contributed by atoms with Gasteiger partial charge in [0.2, 0.25) is 0 Å².